The summed E-state index contributed by atoms with van der Waals surface area (Å²) in [6.07, 6.45) is 2.54. The molecule has 0 spiro atoms. The van der Waals surface area contributed by atoms with Crippen LogP contribution in [0.4, 0.5) is 5.69 Å². The van der Waals surface area contributed by atoms with Crippen molar-refractivity contribution in [3.05, 3.63) is 65.2 Å². The first-order valence-electron chi connectivity index (χ1n) is 8.14. The van der Waals surface area contributed by atoms with Crippen molar-refractivity contribution < 1.29 is 4.79 Å². The first-order valence-corrected chi connectivity index (χ1v) is 8.14. The highest BCUT2D eigenvalue weighted by molar-refractivity contribution is 5.89. The fourth-order valence-electron chi connectivity index (χ4n) is 3.31. The van der Waals surface area contributed by atoms with Crippen LogP contribution in [0.5, 0.6) is 0 Å². The molecule has 0 saturated carbocycles. The van der Waals surface area contributed by atoms with E-state index < -0.39 is 0 Å². The molecule has 0 aliphatic carbocycles. The molecule has 1 aliphatic rings. The van der Waals surface area contributed by atoms with Gasteiger partial charge in [-0.15, -0.1) is 0 Å². The zero-order valence-corrected chi connectivity index (χ0v) is 13.4. The highest BCUT2D eigenvalue weighted by atomic mass is 16.1. The average molecular weight is 293 g/mol. The number of nitrogens with zero attached hydrogens (tertiary/aromatic N) is 1. The van der Waals surface area contributed by atoms with Gasteiger partial charge in [0.2, 0.25) is 0 Å². The highest BCUT2D eigenvalue weighted by Crippen LogP contribution is 2.35. The van der Waals surface area contributed by atoms with Gasteiger partial charge < -0.3 is 4.90 Å². The number of ketones is 1. The van der Waals surface area contributed by atoms with Gasteiger partial charge in [0.15, 0.2) is 5.78 Å². The van der Waals surface area contributed by atoms with Gasteiger partial charge in [-0.1, -0.05) is 48.9 Å². The van der Waals surface area contributed by atoms with Crippen molar-refractivity contribution in [1.29, 1.82) is 0 Å². The van der Waals surface area contributed by atoms with Crippen molar-refractivity contribution in [2.24, 2.45) is 0 Å². The molecule has 2 nitrogen and oxygen atoms in total. The Hall–Kier alpha value is -2.09. The summed E-state index contributed by atoms with van der Waals surface area (Å²) in [6, 6.07) is 16.8. The number of hydrogen-bond acceptors (Lipinski definition) is 2. The lowest BCUT2D eigenvalue weighted by atomic mass is 9.88. The van der Waals surface area contributed by atoms with Crippen LogP contribution in [0.25, 0.3) is 0 Å². The first kappa shape index (κ1) is 14.8. The molecule has 0 fully saturated rings. The van der Waals surface area contributed by atoms with Crippen LogP contribution >= 0.6 is 0 Å². The molecule has 0 saturated heterocycles. The van der Waals surface area contributed by atoms with Crippen LogP contribution in [0.15, 0.2) is 48.5 Å². The van der Waals surface area contributed by atoms with E-state index in [1.807, 2.05) is 6.07 Å². The maximum atomic E-state index is 12.8. The van der Waals surface area contributed by atoms with E-state index in [2.05, 4.69) is 61.2 Å². The minimum absolute atomic E-state index is 0.132. The van der Waals surface area contributed by atoms with E-state index >= 15 is 0 Å². The Balaban J connectivity index is 2.02. The van der Waals surface area contributed by atoms with Gasteiger partial charge in [0.05, 0.1) is 0 Å². The standard InChI is InChI=1S/C20H23NO/c1-3-6-19(22)20-18-8-5-4-7-16(18)13-14-21(20)17-11-9-15(2)10-12-17/h4-5,7-12,20H,3,6,13-14H2,1-2H3/t20-/m0/s1. The normalized spacial score (nSPS) is 17.2. The summed E-state index contributed by atoms with van der Waals surface area (Å²) in [5.41, 5.74) is 4.90. The Labute approximate surface area is 132 Å². The largest absolute Gasteiger partial charge is 0.357 e. The van der Waals surface area contributed by atoms with Gasteiger partial charge in [0, 0.05) is 18.7 Å². The van der Waals surface area contributed by atoms with Crippen LogP contribution in [-0.4, -0.2) is 12.3 Å². The second kappa shape index (κ2) is 6.35. The van der Waals surface area contributed by atoms with Crippen molar-refractivity contribution in [3.8, 4) is 0 Å². The summed E-state index contributed by atoms with van der Waals surface area (Å²) in [6.45, 7) is 5.07. The molecule has 2 aromatic rings. The van der Waals surface area contributed by atoms with Crippen molar-refractivity contribution in [3.63, 3.8) is 0 Å². The lowest BCUT2D eigenvalue weighted by molar-refractivity contribution is -0.120. The minimum atomic E-state index is -0.132. The number of carbonyl (C=O) groups is 1. The highest BCUT2D eigenvalue weighted by Gasteiger charge is 2.32. The third-order valence-corrected chi connectivity index (χ3v) is 4.45. The molecule has 0 bridgehead atoms. The molecule has 0 unspecified atom stereocenters. The molecule has 0 N–H and O–H groups in total. The van der Waals surface area contributed by atoms with E-state index in [0.29, 0.717) is 12.2 Å². The Morgan fingerprint density at radius 1 is 1.14 bits per heavy atom. The Morgan fingerprint density at radius 2 is 1.86 bits per heavy atom. The fourth-order valence-corrected chi connectivity index (χ4v) is 3.31. The van der Waals surface area contributed by atoms with Crippen molar-refractivity contribution in [2.75, 3.05) is 11.4 Å². The molecule has 0 amide bonds. The number of anilines is 1. The van der Waals surface area contributed by atoms with E-state index in [9.17, 15) is 4.79 Å². The van der Waals surface area contributed by atoms with Gasteiger partial charge in [-0.2, -0.15) is 0 Å². The summed E-state index contributed by atoms with van der Waals surface area (Å²) in [5.74, 6) is 0.329. The number of benzene rings is 2. The smallest absolute Gasteiger partial charge is 0.159 e. The third-order valence-electron chi connectivity index (χ3n) is 4.45. The molecule has 0 aromatic heterocycles. The summed E-state index contributed by atoms with van der Waals surface area (Å²) in [5, 5.41) is 0. The van der Waals surface area contributed by atoms with E-state index in [1.165, 1.54) is 16.7 Å². The maximum absolute atomic E-state index is 12.8. The molecule has 1 atom stereocenters. The van der Waals surface area contributed by atoms with Gasteiger partial charge in [-0.25, -0.2) is 0 Å². The summed E-state index contributed by atoms with van der Waals surface area (Å²) in [7, 11) is 0. The van der Waals surface area contributed by atoms with Crippen LogP contribution in [0.2, 0.25) is 0 Å². The predicted molar refractivity (Wildman–Crippen MR) is 91.3 cm³/mol. The number of Topliss-reactive ketones (excluding diaryl/α,β-unsaturated/α-hetero) is 1. The molecular weight excluding hydrogens is 270 g/mol. The Morgan fingerprint density at radius 3 is 2.59 bits per heavy atom. The van der Waals surface area contributed by atoms with Crippen LogP contribution in [-0.2, 0) is 11.2 Å². The molecule has 3 rings (SSSR count). The minimum Gasteiger partial charge on any atom is -0.357 e. The predicted octanol–water partition coefficient (Wildman–Crippen LogP) is 4.47. The lowest BCUT2D eigenvalue weighted by Gasteiger charge is -2.38. The monoisotopic (exact) mass is 293 g/mol. The Kier molecular flexibility index (Phi) is 4.28. The topological polar surface area (TPSA) is 20.3 Å². The second-order valence-corrected chi connectivity index (χ2v) is 6.10. The van der Waals surface area contributed by atoms with E-state index in [0.717, 1.165) is 25.1 Å². The van der Waals surface area contributed by atoms with Gasteiger partial charge in [0.25, 0.3) is 0 Å². The SMILES string of the molecule is CCCC(=O)[C@@H]1c2ccccc2CCN1c1ccc(C)cc1. The van der Waals surface area contributed by atoms with Gasteiger partial charge >= 0.3 is 0 Å². The van der Waals surface area contributed by atoms with E-state index in [4.69, 9.17) is 0 Å². The van der Waals surface area contributed by atoms with Crippen LogP contribution < -0.4 is 4.90 Å². The molecule has 114 valence electrons. The summed E-state index contributed by atoms with van der Waals surface area (Å²) in [4.78, 5) is 15.0. The van der Waals surface area contributed by atoms with Gasteiger partial charge in [-0.3, -0.25) is 4.79 Å². The van der Waals surface area contributed by atoms with Gasteiger partial charge in [-0.05, 0) is 43.0 Å². The number of rotatable bonds is 4. The molecule has 1 heterocycles. The van der Waals surface area contributed by atoms with Crippen molar-refractivity contribution >= 4 is 11.5 Å². The third kappa shape index (κ3) is 2.78. The Bertz CT molecular complexity index is 660. The fraction of sp³-hybridized carbons (Fsp3) is 0.350. The quantitative estimate of drug-likeness (QED) is 0.829. The van der Waals surface area contributed by atoms with Crippen LogP contribution in [0.1, 0.15) is 42.5 Å². The van der Waals surface area contributed by atoms with Gasteiger partial charge in [0.1, 0.15) is 6.04 Å². The van der Waals surface area contributed by atoms with E-state index in [-0.39, 0.29) is 6.04 Å². The summed E-state index contributed by atoms with van der Waals surface area (Å²) < 4.78 is 0. The number of hydrogen-bond donors (Lipinski definition) is 0. The zero-order valence-electron chi connectivity index (χ0n) is 13.4. The first-order chi connectivity index (χ1) is 10.7. The van der Waals surface area contributed by atoms with Crippen molar-refractivity contribution in [1.82, 2.24) is 0 Å². The zero-order chi connectivity index (χ0) is 15.5. The van der Waals surface area contributed by atoms with E-state index in [1.54, 1.807) is 0 Å². The molecular formula is C20H23NO. The van der Waals surface area contributed by atoms with Crippen LogP contribution in [0, 0.1) is 6.92 Å². The number of fused-ring (bicyclic) bond motifs is 1. The average Bonchev–Trinajstić information content (AvgIpc) is 2.55. The molecule has 1 aliphatic heterocycles. The number of carbonyl (C=O) groups excluding carboxylic acids is 1. The number of aryl methyl sites for hydroxylation is 1. The second-order valence-electron chi connectivity index (χ2n) is 6.10. The molecule has 22 heavy (non-hydrogen) atoms. The molecule has 2 heteroatoms. The van der Waals surface area contributed by atoms with Crippen LogP contribution in [0.3, 0.4) is 0 Å². The summed E-state index contributed by atoms with van der Waals surface area (Å²) >= 11 is 0. The molecule has 2 aromatic carbocycles. The maximum Gasteiger partial charge on any atom is 0.159 e. The van der Waals surface area contributed by atoms with Crippen molar-refractivity contribution in [2.45, 2.75) is 39.2 Å². The molecule has 0 radical (unpaired) electrons. The lowest BCUT2D eigenvalue weighted by Crippen LogP contribution is -2.39.